The number of aromatic amines is 2. The number of rotatable bonds is 8. The molecule has 0 bridgehead atoms. The molecule has 0 aliphatic heterocycles. The standard InChI is InChI=1S/C28H24N8O2/c29-25(30)17-5-7-22-23(13-17)36-27(35-22)19(26-33-20-3-1-2-4-21(20)34-26)14-18-6-8-24(38-18)28(37)32-15-16-9-11-31-12-10-16/h1-13,19H,14-15H2,(H3,29,30)(H,32,37)(H,33,34)(H,35,36). The fourth-order valence-corrected chi connectivity index (χ4v) is 4.40. The van der Waals surface area contributed by atoms with E-state index < -0.39 is 0 Å². The van der Waals surface area contributed by atoms with Crippen LogP contribution >= 0.6 is 0 Å². The average molecular weight is 505 g/mol. The van der Waals surface area contributed by atoms with Gasteiger partial charge in [0, 0.05) is 30.9 Å². The Labute approximate surface area is 216 Å². The Kier molecular flexibility index (Phi) is 5.89. The lowest BCUT2D eigenvalue weighted by molar-refractivity contribution is 0.0921. The SMILES string of the molecule is N=C(N)c1ccc2nc(C(Cc3ccc(C(=O)NCc4ccncc4)o3)c3nc4ccccc4[nH]3)[nH]c2c1. The van der Waals surface area contributed by atoms with Gasteiger partial charge in [0.1, 0.15) is 23.2 Å². The van der Waals surface area contributed by atoms with Crippen LogP contribution in [0.5, 0.6) is 0 Å². The number of carbonyl (C=O) groups excluding carboxylic acids is 1. The molecular formula is C28H24N8O2. The number of carbonyl (C=O) groups is 1. The Morgan fingerprint density at radius 1 is 0.947 bits per heavy atom. The third-order valence-corrected chi connectivity index (χ3v) is 6.37. The third-order valence-electron chi connectivity index (χ3n) is 6.37. The molecule has 0 radical (unpaired) electrons. The van der Waals surface area contributed by atoms with Gasteiger partial charge < -0.3 is 25.4 Å². The lowest BCUT2D eigenvalue weighted by Gasteiger charge is -2.10. The Hall–Kier alpha value is -5.25. The zero-order chi connectivity index (χ0) is 26.1. The van der Waals surface area contributed by atoms with Crippen molar-refractivity contribution in [1.82, 2.24) is 30.2 Å². The first-order valence-corrected chi connectivity index (χ1v) is 12.1. The van der Waals surface area contributed by atoms with Gasteiger partial charge in [-0.15, -0.1) is 0 Å². The fraction of sp³-hybridized carbons (Fsp3) is 0.107. The molecule has 4 aromatic heterocycles. The van der Waals surface area contributed by atoms with Crippen LogP contribution in [0.25, 0.3) is 22.1 Å². The van der Waals surface area contributed by atoms with E-state index in [2.05, 4.69) is 20.3 Å². The number of nitrogens with two attached hydrogens (primary N) is 1. The number of hydrogen-bond donors (Lipinski definition) is 5. The number of furan rings is 1. The van der Waals surface area contributed by atoms with E-state index >= 15 is 0 Å². The van der Waals surface area contributed by atoms with Crippen LogP contribution in [0.4, 0.5) is 0 Å². The Morgan fingerprint density at radius 2 is 1.68 bits per heavy atom. The van der Waals surface area contributed by atoms with Gasteiger partial charge >= 0.3 is 0 Å². The summed E-state index contributed by atoms with van der Waals surface area (Å²) in [5, 5.41) is 10.6. The van der Waals surface area contributed by atoms with Crippen molar-refractivity contribution in [1.29, 1.82) is 5.41 Å². The number of amidine groups is 1. The number of fused-ring (bicyclic) bond motifs is 2. The first-order chi connectivity index (χ1) is 18.5. The summed E-state index contributed by atoms with van der Waals surface area (Å²) in [4.78, 5) is 33.1. The van der Waals surface area contributed by atoms with Crippen LogP contribution in [0.15, 0.2) is 83.5 Å². The van der Waals surface area contributed by atoms with Gasteiger partial charge in [-0.05, 0) is 60.2 Å². The lowest BCUT2D eigenvalue weighted by atomic mass is 10.0. The average Bonchev–Trinajstić information content (AvgIpc) is 3.68. The molecule has 6 N–H and O–H groups in total. The molecule has 0 saturated carbocycles. The van der Waals surface area contributed by atoms with Crippen molar-refractivity contribution >= 4 is 33.8 Å². The number of amides is 1. The van der Waals surface area contributed by atoms with Crippen LogP contribution in [0, 0.1) is 5.41 Å². The van der Waals surface area contributed by atoms with E-state index in [0.29, 0.717) is 30.1 Å². The summed E-state index contributed by atoms with van der Waals surface area (Å²) >= 11 is 0. The molecule has 0 saturated heterocycles. The molecule has 1 unspecified atom stereocenters. The van der Waals surface area contributed by atoms with Crippen LogP contribution < -0.4 is 11.1 Å². The van der Waals surface area contributed by atoms with E-state index in [1.807, 2.05) is 48.5 Å². The highest BCUT2D eigenvalue weighted by Gasteiger charge is 2.25. The summed E-state index contributed by atoms with van der Waals surface area (Å²) in [5.41, 5.74) is 10.5. The molecule has 10 nitrogen and oxygen atoms in total. The van der Waals surface area contributed by atoms with E-state index in [0.717, 1.165) is 33.5 Å². The number of nitrogen functional groups attached to an aromatic ring is 1. The van der Waals surface area contributed by atoms with Gasteiger partial charge in [-0.25, -0.2) is 9.97 Å². The molecule has 4 heterocycles. The van der Waals surface area contributed by atoms with Gasteiger partial charge in [0.25, 0.3) is 5.91 Å². The van der Waals surface area contributed by atoms with E-state index in [4.69, 9.17) is 25.5 Å². The van der Waals surface area contributed by atoms with Gasteiger partial charge in [0.15, 0.2) is 5.76 Å². The number of aromatic nitrogens is 5. The second kappa shape index (κ2) is 9.66. The number of hydrogen-bond acceptors (Lipinski definition) is 6. The number of H-pyrrole nitrogens is 2. The second-order valence-corrected chi connectivity index (χ2v) is 8.97. The molecule has 1 atom stereocenters. The normalized spacial score (nSPS) is 12.1. The van der Waals surface area contributed by atoms with Crippen LogP contribution in [0.2, 0.25) is 0 Å². The van der Waals surface area contributed by atoms with Crippen LogP contribution in [0.3, 0.4) is 0 Å². The summed E-state index contributed by atoms with van der Waals surface area (Å²) in [6, 6.07) is 20.4. The molecule has 38 heavy (non-hydrogen) atoms. The van der Waals surface area contributed by atoms with Crippen molar-refractivity contribution in [3.63, 3.8) is 0 Å². The second-order valence-electron chi connectivity index (χ2n) is 8.97. The Morgan fingerprint density at radius 3 is 2.45 bits per heavy atom. The summed E-state index contributed by atoms with van der Waals surface area (Å²) < 4.78 is 5.95. The quantitative estimate of drug-likeness (QED) is 0.155. The van der Waals surface area contributed by atoms with Gasteiger partial charge in [-0.1, -0.05) is 12.1 Å². The number of nitrogens with one attached hydrogen (secondary N) is 4. The highest BCUT2D eigenvalue weighted by atomic mass is 16.3. The van der Waals surface area contributed by atoms with E-state index in [1.165, 1.54) is 0 Å². The molecule has 0 aliphatic carbocycles. The molecule has 10 heteroatoms. The summed E-state index contributed by atoms with van der Waals surface area (Å²) in [6.07, 6.45) is 3.78. The number of benzene rings is 2. The van der Waals surface area contributed by atoms with Crippen molar-refractivity contribution in [3.8, 4) is 0 Å². The topological polar surface area (TPSA) is 162 Å². The maximum atomic E-state index is 12.7. The smallest absolute Gasteiger partial charge is 0.287 e. The Balaban J connectivity index is 1.30. The predicted octanol–water partition coefficient (Wildman–Crippen LogP) is 4.02. The minimum atomic E-state index is -0.311. The zero-order valence-electron chi connectivity index (χ0n) is 20.2. The van der Waals surface area contributed by atoms with Crippen LogP contribution in [0.1, 0.15) is 45.0 Å². The minimum Gasteiger partial charge on any atom is -0.456 e. The van der Waals surface area contributed by atoms with Crippen molar-refractivity contribution < 1.29 is 9.21 Å². The van der Waals surface area contributed by atoms with Gasteiger partial charge in [-0.2, -0.15) is 0 Å². The monoisotopic (exact) mass is 504 g/mol. The van der Waals surface area contributed by atoms with Gasteiger partial charge in [-0.3, -0.25) is 15.2 Å². The van der Waals surface area contributed by atoms with E-state index in [-0.39, 0.29) is 23.4 Å². The number of imidazole rings is 2. The lowest BCUT2D eigenvalue weighted by Crippen LogP contribution is -2.22. The first kappa shape index (κ1) is 23.2. The Bertz CT molecular complexity index is 1730. The molecule has 1 amide bonds. The maximum Gasteiger partial charge on any atom is 0.287 e. The van der Waals surface area contributed by atoms with Crippen LogP contribution in [-0.2, 0) is 13.0 Å². The van der Waals surface area contributed by atoms with Crippen molar-refractivity contribution in [3.05, 3.63) is 113 Å². The molecule has 2 aromatic carbocycles. The van der Waals surface area contributed by atoms with Crippen molar-refractivity contribution in [2.45, 2.75) is 18.9 Å². The van der Waals surface area contributed by atoms with E-state index in [9.17, 15) is 4.79 Å². The molecule has 0 aliphatic rings. The third kappa shape index (κ3) is 4.62. The summed E-state index contributed by atoms with van der Waals surface area (Å²) in [5.74, 6) is 1.63. The largest absolute Gasteiger partial charge is 0.456 e. The maximum absolute atomic E-state index is 12.7. The number of pyridine rings is 1. The van der Waals surface area contributed by atoms with Crippen molar-refractivity contribution in [2.75, 3.05) is 0 Å². The number of nitrogens with zero attached hydrogens (tertiary/aromatic N) is 3. The van der Waals surface area contributed by atoms with Gasteiger partial charge in [0.05, 0.1) is 28.0 Å². The molecule has 6 rings (SSSR count). The molecule has 0 fully saturated rings. The summed E-state index contributed by atoms with van der Waals surface area (Å²) in [6.45, 7) is 0.375. The first-order valence-electron chi connectivity index (χ1n) is 12.1. The molecule has 188 valence electrons. The highest BCUT2D eigenvalue weighted by Crippen LogP contribution is 2.29. The molecule has 0 spiro atoms. The minimum absolute atomic E-state index is 0.0118. The van der Waals surface area contributed by atoms with Gasteiger partial charge in [0.2, 0.25) is 0 Å². The van der Waals surface area contributed by atoms with E-state index in [1.54, 1.807) is 30.6 Å². The number of para-hydroxylation sites is 2. The molecule has 6 aromatic rings. The highest BCUT2D eigenvalue weighted by molar-refractivity contribution is 5.98. The van der Waals surface area contributed by atoms with Crippen LogP contribution in [-0.4, -0.2) is 36.7 Å². The molecular weight excluding hydrogens is 480 g/mol. The van der Waals surface area contributed by atoms with Crippen molar-refractivity contribution in [2.24, 2.45) is 5.73 Å². The predicted molar refractivity (Wildman–Crippen MR) is 143 cm³/mol. The zero-order valence-corrected chi connectivity index (χ0v) is 20.2. The summed E-state index contributed by atoms with van der Waals surface area (Å²) in [7, 11) is 0. The fourth-order valence-electron chi connectivity index (χ4n) is 4.40.